The molecule has 24 heavy (non-hydrogen) atoms. The number of hydrogen-bond donors (Lipinski definition) is 0. The lowest BCUT2D eigenvalue weighted by Crippen LogP contribution is -2.03. The van der Waals surface area contributed by atoms with Crippen LogP contribution in [0.3, 0.4) is 0 Å². The first-order chi connectivity index (χ1) is 11.9. The molecule has 2 aromatic heterocycles. The van der Waals surface area contributed by atoms with Crippen LogP contribution in [0.15, 0.2) is 79.4 Å². The van der Waals surface area contributed by atoms with Crippen molar-refractivity contribution < 1.29 is 4.74 Å². The molecular formula is C18H15N5O. The molecule has 4 rings (SSSR count). The largest absolute Gasteiger partial charge is 0.483 e. The zero-order chi connectivity index (χ0) is 16.2. The van der Waals surface area contributed by atoms with Crippen molar-refractivity contribution in [2.24, 2.45) is 0 Å². The molecule has 0 aliphatic rings. The van der Waals surface area contributed by atoms with Crippen molar-refractivity contribution in [1.82, 2.24) is 24.5 Å². The van der Waals surface area contributed by atoms with Gasteiger partial charge in [-0.25, -0.2) is 14.3 Å². The summed E-state index contributed by atoms with van der Waals surface area (Å²) in [5.41, 5.74) is 1.85. The van der Waals surface area contributed by atoms with Crippen LogP contribution in [0.25, 0.3) is 11.4 Å². The number of rotatable bonds is 5. The van der Waals surface area contributed by atoms with E-state index in [1.807, 2.05) is 66.9 Å². The number of benzene rings is 2. The van der Waals surface area contributed by atoms with Crippen LogP contribution in [-0.2, 0) is 6.61 Å². The van der Waals surface area contributed by atoms with Gasteiger partial charge in [-0.1, -0.05) is 30.3 Å². The van der Waals surface area contributed by atoms with E-state index in [0.717, 1.165) is 17.1 Å². The van der Waals surface area contributed by atoms with Crippen LogP contribution in [0.5, 0.6) is 5.75 Å². The second-order valence-corrected chi connectivity index (χ2v) is 5.15. The topological polar surface area (TPSA) is 57.8 Å². The maximum absolute atomic E-state index is 5.90. The highest BCUT2D eigenvalue weighted by Gasteiger charge is 2.08. The monoisotopic (exact) mass is 317 g/mol. The molecule has 118 valence electrons. The average molecular weight is 317 g/mol. The second kappa shape index (κ2) is 6.37. The van der Waals surface area contributed by atoms with Crippen LogP contribution in [-0.4, -0.2) is 24.5 Å². The first-order valence-electron chi connectivity index (χ1n) is 7.58. The SMILES string of the molecule is c1ccc(-n2cnc(COc3ccccc3-n3cccn3)n2)cc1. The molecule has 4 aromatic rings. The van der Waals surface area contributed by atoms with Crippen LogP contribution in [0, 0.1) is 0 Å². The molecule has 0 saturated heterocycles. The molecule has 2 aromatic carbocycles. The van der Waals surface area contributed by atoms with Gasteiger partial charge in [0.1, 0.15) is 24.4 Å². The highest BCUT2D eigenvalue weighted by atomic mass is 16.5. The summed E-state index contributed by atoms with van der Waals surface area (Å²) in [7, 11) is 0. The van der Waals surface area contributed by atoms with Crippen molar-refractivity contribution in [3.8, 4) is 17.1 Å². The first-order valence-corrected chi connectivity index (χ1v) is 7.58. The van der Waals surface area contributed by atoms with Crippen molar-refractivity contribution in [3.05, 3.63) is 85.2 Å². The Kier molecular flexibility index (Phi) is 3.77. The number of hydrogen-bond acceptors (Lipinski definition) is 4. The quantitative estimate of drug-likeness (QED) is 0.568. The summed E-state index contributed by atoms with van der Waals surface area (Å²) in [4.78, 5) is 4.30. The summed E-state index contributed by atoms with van der Waals surface area (Å²) in [5.74, 6) is 1.35. The van der Waals surface area contributed by atoms with Crippen molar-refractivity contribution in [2.75, 3.05) is 0 Å². The maximum atomic E-state index is 5.90. The van der Waals surface area contributed by atoms with E-state index in [2.05, 4.69) is 15.2 Å². The van der Waals surface area contributed by atoms with Crippen molar-refractivity contribution >= 4 is 0 Å². The Labute approximate surface area is 139 Å². The molecule has 6 heteroatoms. The zero-order valence-electron chi connectivity index (χ0n) is 12.9. The molecule has 0 unspecified atom stereocenters. The van der Waals surface area contributed by atoms with E-state index < -0.39 is 0 Å². The van der Waals surface area contributed by atoms with Crippen LogP contribution < -0.4 is 4.74 Å². The molecule has 0 atom stereocenters. The third-order valence-electron chi connectivity index (χ3n) is 3.53. The minimum atomic E-state index is 0.290. The van der Waals surface area contributed by atoms with Gasteiger partial charge in [-0.05, 0) is 30.3 Å². The van der Waals surface area contributed by atoms with E-state index in [-0.39, 0.29) is 6.61 Å². The molecule has 0 aliphatic carbocycles. The fourth-order valence-corrected chi connectivity index (χ4v) is 2.39. The van der Waals surface area contributed by atoms with Crippen LogP contribution in [0.4, 0.5) is 0 Å². The van der Waals surface area contributed by atoms with Crippen molar-refractivity contribution in [2.45, 2.75) is 6.61 Å². The van der Waals surface area contributed by atoms with Crippen LogP contribution >= 0.6 is 0 Å². The van der Waals surface area contributed by atoms with Gasteiger partial charge in [0.05, 0.1) is 5.69 Å². The van der Waals surface area contributed by atoms with Gasteiger partial charge >= 0.3 is 0 Å². The summed E-state index contributed by atoms with van der Waals surface area (Å²) in [6.45, 7) is 0.290. The lowest BCUT2D eigenvalue weighted by Gasteiger charge is -2.09. The van der Waals surface area contributed by atoms with E-state index in [4.69, 9.17) is 4.74 Å². The average Bonchev–Trinajstić information content (AvgIpc) is 3.33. The Morgan fingerprint density at radius 1 is 0.875 bits per heavy atom. The zero-order valence-corrected chi connectivity index (χ0v) is 12.9. The third-order valence-corrected chi connectivity index (χ3v) is 3.53. The van der Waals surface area contributed by atoms with Gasteiger partial charge in [0, 0.05) is 12.4 Å². The molecule has 0 fully saturated rings. The predicted molar refractivity (Wildman–Crippen MR) is 89.3 cm³/mol. The number of para-hydroxylation sites is 3. The standard InChI is InChI=1S/C18H15N5O/c1-2-7-15(8-3-1)23-14-19-18(21-23)13-24-17-10-5-4-9-16(17)22-12-6-11-20-22/h1-12,14H,13H2. The van der Waals surface area contributed by atoms with E-state index in [9.17, 15) is 0 Å². The normalized spacial score (nSPS) is 10.7. The first kappa shape index (κ1) is 14.2. The lowest BCUT2D eigenvalue weighted by molar-refractivity contribution is 0.294. The number of aromatic nitrogens is 5. The Bertz CT molecular complexity index is 916. The Balaban J connectivity index is 1.51. The van der Waals surface area contributed by atoms with E-state index >= 15 is 0 Å². The molecule has 0 saturated carbocycles. The van der Waals surface area contributed by atoms with Crippen molar-refractivity contribution in [1.29, 1.82) is 0 Å². The number of ether oxygens (including phenoxy) is 1. The summed E-state index contributed by atoms with van der Waals surface area (Å²) >= 11 is 0. The predicted octanol–water partition coefficient (Wildman–Crippen LogP) is 3.03. The smallest absolute Gasteiger partial charge is 0.188 e. The molecule has 2 heterocycles. The van der Waals surface area contributed by atoms with Crippen molar-refractivity contribution in [3.63, 3.8) is 0 Å². The highest BCUT2D eigenvalue weighted by Crippen LogP contribution is 2.22. The Morgan fingerprint density at radius 2 is 1.71 bits per heavy atom. The summed E-state index contributed by atoms with van der Waals surface area (Å²) in [6, 6.07) is 19.5. The van der Waals surface area contributed by atoms with Gasteiger partial charge in [-0.2, -0.15) is 5.10 Å². The van der Waals surface area contributed by atoms with Gasteiger partial charge < -0.3 is 4.74 Å². The minimum absolute atomic E-state index is 0.290. The molecule has 0 N–H and O–H groups in total. The fourth-order valence-electron chi connectivity index (χ4n) is 2.39. The lowest BCUT2D eigenvalue weighted by atomic mass is 10.3. The second-order valence-electron chi connectivity index (χ2n) is 5.15. The molecule has 0 amide bonds. The Hall–Kier alpha value is -3.41. The molecule has 0 bridgehead atoms. The maximum Gasteiger partial charge on any atom is 0.188 e. The van der Waals surface area contributed by atoms with Crippen LogP contribution in [0.1, 0.15) is 5.82 Å². The van der Waals surface area contributed by atoms with E-state index in [0.29, 0.717) is 5.82 Å². The minimum Gasteiger partial charge on any atom is -0.483 e. The fraction of sp³-hybridized carbons (Fsp3) is 0.0556. The van der Waals surface area contributed by atoms with E-state index in [1.165, 1.54) is 0 Å². The molecule has 0 aliphatic heterocycles. The van der Waals surface area contributed by atoms with Gasteiger partial charge in [0.25, 0.3) is 0 Å². The van der Waals surface area contributed by atoms with Gasteiger partial charge in [-0.3, -0.25) is 0 Å². The molecular weight excluding hydrogens is 302 g/mol. The van der Waals surface area contributed by atoms with Crippen LogP contribution in [0.2, 0.25) is 0 Å². The van der Waals surface area contributed by atoms with Gasteiger partial charge in [0.2, 0.25) is 0 Å². The molecule has 0 spiro atoms. The summed E-state index contributed by atoms with van der Waals surface area (Å²) in [5, 5.41) is 8.69. The highest BCUT2D eigenvalue weighted by molar-refractivity contribution is 5.45. The number of nitrogens with zero attached hydrogens (tertiary/aromatic N) is 5. The molecule has 6 nitrogen and oxygen atoms in total. The Morgan fingerprint density at radius 3 is 2.54 bits per heavy atom. The summed E-state index contributed by atoms with van der Waals surface area (Å²) < 4.78 is 9.40. The van der Waals surface area contributed by atoms with Gasteiger partial charge in [-0.15, -0.1) is 5.10 Å². The molecule has 0 radical (unpaired) electrons. The van der Waals surface area contributed by atoms with E-state index in [1.54, 1.807) is 21.9 Å². The van der Waals surface area contributed by atoms with Gasteiger partial charge in [0.15, 0.2) is 5.82 Å². The summed E-state index contributed by atoms with van der Waals surface area (Å²) in [6.07, 6.45) is 5.30. The third kappa shape index (κ3) is 2.89.